The molecule has 0 aliphatic carbocycles. The molecule has 0 atom stereocenters. The lowest BCUT2D eigenvalue weighted by molar-refractivity contribution is 0.508. The average Bonchev–Trinajstić information content (AvgIpc) is 2.40. The highest BCUT2D eigenvalue weighted by Crippen LogP contribution is 2.25. The largest absolute Gasteiger partial charge is 0.370 e. The van der Waals surface area contributed by atoms with Crippen molar-refractivity contribution in [3.63, 3.8) is 0 Å². The van der Waals surface area contributed by atoms with Gasteiger partial charge in [0.2, 0.25) is 0 Å². The van der Waals surface area contributed by atoms with Gasteiger partial charge in [0.1, 0.15) is 17.5 Å². The first-order valence-corrected chi connectivity index (χ1v) is 8.33. The Hall–Kier alpha value is -1.32. The van der Waals surface area contributed by atoms with E-state index in [1.54, 1.807) is 0 Å². The van der Waals surface area contributed by atoms with E-state index in [1.165, 1.54) is 0 Å². The van der Waals surface area contributed by atoms with Crippen LogP contribution in [0, 0.1) is 6.92 Å². The molecule has 120 valence electrons. The molecule has 0 aliphatic rings. The third-order valence-corrected chi connectivity index (χ3v) is 3.54. The third kappa shape index (κ3) is 5.52. The number of anilines is 2. The number of hydrogen-bond donors (Lipinski definition) is 2. The summed E-state index contributed by atoms with van der Waals surface area (Å²) in [7, 11) is 0. The maximum Gasteiger partial charge on any atom is 0.135 e. The second kappa shape index (κ2) is 8.20. The molecule has 0 fully saturated rings. The fraction of sp³-hybridized carbons (Fsp3) is 0.765. The van der Waals surface area contributed by atoms with Crippen molar-refractivity contribution in [1.82, 2.24) is 9.97 Å². The molecule has 4 heteroatoms. The predicted octanol–water partition coefficient (Wildman–Crippen LogP) is 4.55. The van der Waals surface area contributed by atoms with Crippen molar-refractivity contribution in [1.29, 1.82) is 0 Å². The van der Waals surface area contributed by atoms with Crippen molar-refractivity contribution in [2.24, 2.45) is 0 Å². The Labute approximate surface area is 130 Å². The SMILES string of the molecule is CCCNc1nc(CCC)nc(NC(C)(C)CCC)c1C. The highest BCUT2D eigenvalue weighted by Gasteiger charge is 2.19. The molecule has 1 aromatic rings. The summed E-state index contributed by atoms with van der Waals surface area (Å²) >= 11 is 0. The van der Waals surface area contributed by atoms with Crippen molar-refractivity contribution in [3.05, 3.63) is 11.4 Å². The van der Waals surface area contributed by atoms with Gasteiger partial charge in [0.25, 0.3) is 0 Å². The normalized spacial score (nSPS) is 11.5. The standard InChI is InChI=1S/C17H32N4/c1-7-10-14-19-15(18-12-9-3)13(4)16(20-14)21-17(5,6)11-8-2/h7-12H2,1-6H3,(H2,18,19,20,21). The minimum atomic E-state index is 0.0549. The van der Waals surface area contributed by atoms with Crippen LogP contribution in [0.1, 0.15) is 71.7 Å². The number of hydrogen-bond acceptors (Lipinski definition) is 4. The molecule has 0 radical (unpaired) electrons. The molecule has 2 N–H and O–H groups in total. The van der Waals surface area contributed by atoms with E-state index in [1.807, 2.05) is 0 Å². The fourth-order valence-corrected chi connectivity index (χ4v) is 2.44. The Morgan fingerprint density at radius 3 is 2.19 bits per heavy atom. The van der Waals surface area contributed by atoms with Crippen LogP contribution >= 0.6 is 0 Å². The maximum absolute atomic E-state index is 4.74. The average molecular weight is 292 g/mol. The number of aromatic nitrogens is 2. The van der Waals surface area contributed by atoms with Gasteiger partial charge in [-0.05, 0) is 40.0 Å². The van der Waals surface area contributed by atoms with Gasteiger partial charge in [-0.2, -0.15) is 0 Å². The summed E-state index contributed by atoms with van der Waals surface area (Å²) in [5.41, 5.74) is 1.17. The van der Waals surface area contributed by atoms with Crippen LogP contribution in [0.4, 0.5) is 11.6 Å². The lowest BCUT2D eigenvalue weighted by Crippen LogP contribution is -2.31. The quantitative estimate of drug-likeness (QED) is 0.701. The van der Waals surface area contributed by atoms with Crippen LogP contribution in [-0.4, -0.2) is 22.1 Å². The molecule has 21 heavy (non-hydrogen) atoms. The number of nitrogens with zero attached hydrogens (tertiary/aromatic N) is 2. The van der Waals surface area contributed by atoms with Gasteiger partial charge in [0.05, 0.1) is 0 Å². The summed E-state index contributed by atoms with van der Waals surface area (Å²) in [5.74, 6) is 2.88. The van der Waals surface area contributed by atoms with Gasteiger partial charge in [0, 0.05) is 24.1 Å². The monoisotopic (exact) mass is 292 g/mol. The maximum atomic E-state index is 4.74. The van der Waals surface area contributed by atoms with E-state index in [0.29, 0.717) is 0 Å². The Bertz CT molecular complexity index is 441. The highest BCUT2D eigenvalue weighted by molar-refractivity contribution is 5.58. The molecule has 0 aliphatic heterocycles. The molecule has 0 aromatic carbocycles. The van der Waals surface area contributed by atoms with Crippen molar-refractivity contribution < 1.29 is 0 Å². The lowest BCUT2D eigenvalue weighted by atomic mass is 9.99. The lowest BCUT2D eigenvalue weighted by Gasteiger charge is -2.28. The topological polar surface area (TPSA) is 49.8 Å². The summed E-state index contributed by atoms with van der Waals surface area (Å²) in [6.07, 6.45) is 5.36. The molecule has 0 bridgehead atoms. The van der Waals surface area contributed by atoms with Crippen LogP contribution in [0.2, 0.25) is 0 Å². The van der Waals surface area contributed by atoms with E-state index >= 15 is 0 Å². The van der Waals surface area contributed by atoms with E-state index in [9.17, 15) is 0 Å². The van der Waals surface area contributed by atoms with Gasteiger partial charge >= 0.3 is 0 Å². The molecule has 1 heterocycles. The van der Waals surface area contributed by atoms with Gasteiger partial charge < -0.3 is 10.6 Å². The molecule has 1 aromatic heterocycles. The van der Waals surface area contributed by atoms with E-state index < -0.39 is 0 Å². The summed E-state index contributed by atoms with van der Waals surface area (Å²) in [5, 5.41) is 7.04. The molecule has 1 rings (SSSR count). The minimum absolute atomic E-state index is 0.0549. The van der Waals surface area contributed by atoms with Crippen LogP contribution in [0.15, 0.2) is 0 Å². The molecule has 0 unspecified atom stereocenters. The Balaban J connectivity index is 3.07. The number of aryl methyl sites for hydroxylation is 1. The Morgan fingerprint density at radius 1 is 0.952 bits per heavy atom. The smallest absolute Gasteiger partial charge is 0.135 e. The van der Waals surface area contributed by atoms with Gasteiger partial charge in [0.15, 0.2) is 0 Å². The van der Waals surface area contributed by atoms with Gasteiger partial charge in [-0.1, -0.05) is 27.2 Å². The van der Waals surface area contributed by atoms with E-state index in [-0.39, 0.29) is 5.54 Å². The van der Waals surface area contributed by atoms with Crippen LogP contribution < -0.4 is 10.6 Å². The first-order valence-electron chi connectivity index (χ1n) is 8.33. The predicted molar refractivity (Wildman–Crippen MR) is 92.2 cm³/mol. The molecule has 0 saturated carbocycles. The van der Waals surface area contributed by atoms with Gasteiger partial charge in [-0.15, -0.1) is 0 Å². The molecule has 4 nitrogen and oxygen atoms in total. The van der Waals surface area contributed by atoms with E-state index in [2.05, 4.69) is 57.2 Å². The van der Waals surface area contributed by atoms with Crippen molar-refractivity contribution in [3.8, 4) is 0 Å². The second-order valence-corrected chi connectivity index (χ2v) is 6.40. The fourth-order valence-electron chi connectivity index (χ4n) is 2.44. The first-order chi connectivity index (χ1) is 9.93. The van der Waals surface area contributed by atoms with E-state index in [0.717, 1.165) is 61.7 Å². The van der Waals surface area contributed by atoms with Crippen LogP contribution in [0.5, 0.6) is 0 Å². The summed E-state index contributed by atoms with van der Waals surface area (Å²) in [6, 6.07) is 0. The Morgan fingerprint density at radius 2 is 1.62 bits per heavy atom. The van der Waals surface area contributed by atoms with Crippen molar-refractivity contribution >= 4 is 11.6 Å². The van der Waals surface area contributed by atoms with Crippen molar-refractivity contribution in [2.75, 3.05) is 17.2 Å². The first kappa shape index (κ1) is 17.7. The molecular weight excluding hydrogens is 260 g/mol. The zero-order valence-electron chi connectivity index (χ0n) is 14.6. The van der Waals surface area contributed by atoms with Crippen LogP contribution in [0.25, 0.3) is 0 Å². The zero-order valence-corrected chi connectivity index (χ0v) is 14.6. The number of rotatable bonds is 9. The Kier molecular flexibility index (Phi) is 6.93. The molecule has 0 saturated heterocycles. The minimum Gasteiger partial charge on any atom is -0.370 e. The highest BCUT2D eigenvalue weighted by atomic mass is 15.1. The molecular formula is C17H32N4. The summed E-state index contributed by atoms with van der Waals surface area (Å²) in [6.45, 7) is 14.1. The summed E-state index contributed by atoms with van der Waals surface area (Å²) < 4.78 is 0. The van der Waals surface area contributed by atoms with Gasteiger partial charge in [-0.3, -0.25) is 0 Å². The summed E-state index contributed by atoms with van der Waals surface area (Å²) in [4.78, 5) is 9.41. The van der Waals surface area contributed by atoms with Crippen LogP contribution in [0.3, 0.4) is 0 Å². The zero-order chi connectivity index (χ0) is 15.9. The second-order valence-electron chi connectivity index (χ2n) is 6.40. The third-order valence-electron chi connectivity index (χ3n) is 3.54. The van der Waals surface area contributed by atoms with E-state index in [4.69, 9.17) is 4.98 Å². The van der Waals surface area contributed by atoms with Gasteiger partial charge in [-0.25, -0.2) is 9.97 Å². The molecule has 0 amide bonds. The van der Waals surface area contributed by atoms with Crippen LogP contribution in [-0.2, 0) is 6.42 Å². The number of nitrogens with one attached hydrogen (secondary N) is 2. The van der Waals surface area contributed by atoms with Crippen molar-refractivity contribution in [2.45, 2.75) is 79.2 Å². The molecule has 0 spiro atoms.